The Balaban J connectivity index is 1.62. The number of hydrogen-bond acceptors (Lipinski definition) is 4. The number of hydrogen-bond donors (Lipinski definition) is 3. The maximum Gasteiger partial charge on any atom is 0.191 e. The molecule has 2 rings (SSSR count). The van der Waals surface area contributed by atoms with Gasteiger partial charge in [-0.2, -0.15) is 0 Å². The fourth-order valence-electron chi connectivity index (χ4n) is 2.46. The largest absolute Gasteiger partial charge is 0.508 e. The van der Waals surface area contributed by atoms with E-state index < -0.39 is 0 Å². The molecule has 24 heavy (non-hydrogen) atoms. The highest BCUT2D eigenvalue weighted by molar-refractivity contribution is 5.79. The molecule has 1 unspecified atom stereocenters. The molecule has 3 N–H and O–H groups in total. The Labute approximate surface area is 144 Å². The van der Waals surface area contributed by atoms with Gasteiger partial charge in [0.25, 0.3) is 0 Å². The van der Waals surface area contributed by atoms with Crippen molar-refractivity contribution < 1.29 is 14.6 Å². The quantitative estimate of drug-likeness (QED) is 0.365. The number of guanidine groups is 1. The van der Waals surface area contributed by atoms with Crippen molar-refractivity contribution >= 4 is 5.96 Å². The van der Waals surface area contributed by atoms with Crippen LogP contribution in [0.4, 0.5) is 0 Å². The van der Waals surface area contributed by atoms with Crippen LogP contribution >= 0.6 is 0 Å². The minimum absolute atomic E-state index is 0.275. The van der Waals surface area contributed by atoms with Gasteiger partial charge in [-0.3, -0.25) is 0 Å². The van der Waals surface area contributed by atoms with E-state index in [1.165, 1.54) is 0 Å². The highest BCUT2D eigenvalue weighted by atomic mass is 16.5. The zero-order valence-corrected chi connectivity index (χ0v) is 14.5. The minimum atomic E-state index is 0.275. The molecule has 6 heteroatoms. The molecule has 1 heterocycles. The Morgan fingerprint density at radius 2 is 2.17 bits per heavy atom. The highest BCUT2D eigenvalue weighted by Gasteiger charge is 2.15. The highest BCUT2D eigenvalue weighted by Crippen LogP contribution is 2.12. The molecule has 0 radical (unpaired) electrons. The average molecular weight is 335 g/mol. The van der Waals surface area contributed by atoms with Crippen molar-refractivity contribution in [3.8, 4) is 5.75 Å². The van der Waals surface area contributed by atoms with Crippen LogP contribution < -0.4 is 10.6 Å². The van der Waals surface area contributed by atoms with Crippen LogP contribution in [0.3, 0.4) is 0 Å². The molecule has 1 aliphatic heterocycles. The summed E-state index contributed by atoms with van der Waals surface area (Å²) in [6.07, 6.45) is 2.06. The van der Waals surface area contributed by atoms with Gasteiger partial charge < -0.3 is 25.2 Å². The predicted molar refractivity (Wildman–Crippen MR) is 95.3 cm³/mol. The van der Waals surface area contributed by atoms with Crippen molar-refractivity contribution in [2.24, 2.45) is 10.9 Å². The Bertz CT molecular complexity index is 485. The Morgan fingerprint density at radius 1 is 1.33 bits per heavy atom. The molecular weight excluding hydrogens is 306 g/mol. The second kappa shape index (κ2) is 10.9. The molecule has 1 aromatic carbocycles. The van der Waals surface area contributed by atoms with Crippen LogP contribution in [0.1, 0.15) is 25.3 Å². The van der Waals surface area contributed by atoms with E-state index >= 15 is 0 Å². The van der Waals surface area contributed by atoms with Crippen molar-refractivity contribution in [1.29, 1.82) is 0 Å². The first-order valence-corrected chi connectivity index (χ1v) is 8.73. The Hall–Kier alpha value is -1.79. The lowest BCUT2D eigenvalue weighted by atomic mass is 10.1. The second-order valence-corrected chi connectivity index (χ2v) is 5.95. The second-order valence-electron chi connectivity index (χ2n) is 5.95. The summed E-state index contributed by atoms with van der Waals surface area (Å²) in [6, 6.07) is 7.11. The number of nitrogens with zero attached hydrogens (tertiary/aromatic N) is 1. The number of rotatable bonds is 9. The molecular formula is C18H29N3O3. The number of phenols is 1. The normalized spacial score (nSPS) is 17.9. The topological polar surface area (TPSA) is 75.1 Å². The molecule has 0 saturated carbocycles. The summed E-state index contributed by atoms with van der Waals surface area (Å²) in [4.78, 5) is 4.55. The summed E-state index contributed by atoms with van der Waals surface area (Å²) in [5.41, 5.74) is 1.06. The van der Waals surface area contributed by atoms with Crippen molar-refractivity contribution in [1.82, 2.24) is 10.6 Å². The zero-order chi connectivity index (χ0) is 17.0. The Morgan fingerprint density at radius 3 is 2.88 bits per heavy atom. The first-order valence-electron chi connectivity index (χ1n) is 8.73. The van der Waals surface area contributed by atoms with Crippen molar-refractivity contribution in [2.45, 2.75) is 26.3 Å². The molecule has 6 nitrogen and oxygen atoms in total. The smallest absolute Gasteiger partial charge is 0.191 e. The summed E-state index contributed by atoms with van der Waals surface area (Å²) in [7, 11) is 0. The lowest BCUT2D eigenvalue weighted by Gasteiger charge is -2.12. The summed E-state index contributed by atoms with van der Waals surface area (Å²) < 4.78 is 11.0. The molecule has 1 saturated heterocycles. The van der Waals surface area contributed by atoms with E-state index in [0.717, 1.165) is 63.9 Å². The fraction of sp³-hybridized carbons (Fsp3) is 0.611. The van der Waals surface area contributed by atoms with Crippen LogP contribution in [-0.2, 0) is 16.0 Å². The molecule has 1 aliphatic rings. The van der Waals surface area contributed by atoms with Crippen LogP contribution in [-0.4, -0.2) is 50.6 Å². The van der Waals surface area contributed by atoms with E-state index in [9.17, 15) is 5.11 Å². The van der Waals surface area contributed by atoms with E-state index in [4.69, 9.17) is 9.47 Å². The predicted octanol–water partition coefficient (Wildman–Crippen LogP) is 1.89. The summed E-state index contributed by atoms with van der Waals surface area (Å²) in [5, 5.41) is 15.8. The van der Waals surface area contributed by atoms with E-state index in [0.29, 0.717) is 12.5 Å². The monoisotopic (exact) mass is 335 g/mol. The fourth-order valence-corrected chi connectivity index (χ4v) is 2.46. The summed E-state index contributed by atoms with van der Waals surface area (Å²) in [6.45, 7) is 7.53. The Kier molecular flexibility index (Phi) is 8.41. The van der Waals surface area contributed by atoms with Crippen molar-refractivity contribution in [2.75, 3.05) is 39.5 Å². The van der Waals surface area contributed by atoms with E-state index in [1.807, 2.05) is 19.1 Å². The molecule has 1 aromatic rings. The third-order valence-electron chi connectivity index (χ3n) is 3.84. The summed E-state index contributed by atoms with van der Waals surface area (Å²) >= 11 is 0. The molecule has 1 atom stereocenters. The maximum absolute atomic E-state index is 9.30. The first kappa shape index (κ1) is 18.5. The van der Waals surface area contributed by atoms with Crippen molar-refractivity contribution in [3.63, 3.8) is 0 Å². The van der Waals surface area contributed by atoms with Gasteiger partial charge >= 0.3 is 0 Å². The van der Waals surface area contributed by atoms with Gasteiger partial charge in [0.2, 0.25) is 0 Å². The third kappa shape index (κ3) is 7.19. The van der Waals surface area contributed by atoms with Crippen LogP contribution in [0.15, 0.2) is 29.3 Å². The summed E-state index contributed by atoms with van der Waals surface area (Å²) in [5.74, 6) is 1.65. The molecule has 0 spiro atoms. The zero-order valence-electron chi connectivity index (χ0n) is 14.5. The number of aromatic hydroxyl groups is 1. The van der Waals surface area contributed by atoms with E-state index in [2.05, 4.69) is 15.6 Å². The lowest BCUT2D eigenvalue weighted by molar-refractivity contribution is 0.0888. The molecule has 0 bridgehead atoms. The van der Waals surface area contributed by atoms with Crippen LogP contribution in [0.5, 0.6) is 5.75 Å². The first-order chi connectivity index (χ1) is 11.8. The van der Waals surface area contributed by atoms with E-state index in [1.54, 1.807) is 12.1 Å². The lowest BCUT2D eigenvalue weighted by Crippen LogP contribution is -2.38. The minimum Gasteiger partial charge on any atom is -0.508 e. The average Bonchev–Trinajstić information content (AvgIpc) is 3.10. The molecule has 0 amide bonds. The maximum atomic E-state index is 9.30. The van der Waals surface area contributed by atoms with Gasteiger partial charge in [-0.1, -0.05) is 12.1 Å². The number of benzene rings is 1. The standard InChI is InChI=1S/C18H29N3O3/c1-2-19-18(21-12-15-4-6-17(22)7-5-15)20-9-3-10-23-13-16-8-11-24-14-16/h4-7,16,22H,2-3,8-14H2,1H3,(H2,19,20,21). The van der Waals surface area contributed by atoms with Crippen LogP contribution in [0, 0.1) is 5.92 Å². The third-order valence-corrected chi connectivity index (χ3v) is 3.84. The molecule has 0 aromatic heterocycles. The van der Waals surface area contributed by atoms with Crippen molar-refractivity contribution in [3.05, 3.63) is 29.8 Å². The van der Waals surface area contributed by atoms with Crippen LogP contribution in [0.2, 0.25) is 0 Å². The van der Waals surface area contributed by atoms with Gasteiger partial charge in [-0.25, -0.2) is 4.99 Å². The van der Waals surface area contributed by atoms with E-state index in [-0.39, 0.29) is 5.75 Å². The van der Waals surface area contributed by atoms with Gasteiger partial charge in [0.15, 0.2) is 5.96 Å². The number of nitrogens with one attached hydrogen (secondary N) is 2. The molecule has 134 valence electrons. The van der Waals surface area contributed by atoms with Gasteiger partial charge in [0.1, 0.15) is 5.75 Å². The SMILES string of the molecule is CCNC(=NCc1ccc(O)cc1)NCCCOCC1CCOC1. The molecule has 1 fully saturated rings. The van der Waals surface area contributed by atoms with Gasteiger partial charge in [-0.05, 0) is 37.5 Å². The van der Waals surface area contributed by atoms with Crippen LogP contribution in [0.25, 0.3) is 0 Å². The van der Waals surface area contributed by atoms with Gasteiger partial charge in [0.05, 0.1) is 19.8 Å². The van der Waals surface area contributed by atoms with Gasteiger partial charge in [-0.15, -0.1) is 0 Å². The number of aliphatic imine (C=N–C) groups is 1. The molecule has 0 aliphatic carbocycles. The number of ether oxygens (including phenoxy) is 2. The number of phenolic OH excluding ortho intramolecular Hbond substituents is 1. The van der Waals surface area contributed by atoms with Gasteiger partial charge in [0, 0.05) is 32.2 Å².